The highest BCUT2D eigenvalue weighted by Gasteiger charge is 2.26. The van der Waals surface area contributed by atoms with E-state index in [0.717, 1.165) is 0 Å². The van der Waals surface area contributed by atoms with E-state index in [4.69, 9.17) is 16.2 Å². The van der Waals surface area contributed by atoms with Gasteiger partial charge in [0.05, 0.1) is 6.04 Å². The van der Waals surface area contributed by atoms with Crippen LogP contribution in [0.15, 0.2) is 24.3 Å². The first-order valence-electron chi connectivity index (χ1n) is 11.1. The molecule has 0 aliphatic rings. The summed E-state index contributed by atoms with van der Waals surface area (Å²) in [5.74, 6) is -1.85. The van der Waals surface area contributed by atoms with Crippen LogP contribution in [0.1, 0.15) is 59.1 Å². The quantitative estimate of drug-likeness (QED) is 0.201. The van der Waals surface area contributed by atoms with Crippen molar-refractivity contribution in [1.82, 2.24) is 10.6 Å². The number of anilines is 1. The molecule has 0 saturated heterocycles. The molecule has 1 aromatic carbocycles. The Balaban J connectivity index is 2.85. The van der Waals surface area contributed by atoms with Crippen LogP contribution in [0.2, 0.25) is 0 Å². The van der Waals surface area contributed by atoms with Gasteiger partial charge in [0.2, 0.25) is 11.8 Å². The number of ether oxygens (including phenoxy) is 1. The molecule has 0 heterocycles. The zero-order valence-corrected chi connectivity index (χ0v) is 20.4. The van der Waals surface area contributed by atoms with Crippen LogP contribution >= 0.6 is 0 Å². The molecule has 0 radical (unpaired) electrons. The first-order chi connectivity index (χ1) is 15.7. The van der Waals surface area contributed by atoms with Gasteiger partial charge in [0.15, 0.2) is 6.10 Å². The number of amides is 4. The molecule has 3 atom stereocenters. The third-order valence-corrected chi connectivity index (χ3v) is 4.75. The molecule has 8 N–H and O–H groups in total. The van der Waals surface area contributed by atoms with Gasteiger partial charge in [0.25, 0.3) is 0 Å². The van der Waals surface area contributed by atoms with Gasteiger partial charge in [0.1, 0.15) is 11.6 Å². The van der Waals surface area contributed by atoms with E-state index in [1.807, 2.05) is 0 Å². The van der Waals surface area contributed by atoms with Crippen LogP contribution in [0.5, 0.6) is 0 Å². The summed E-state index contributed by atoms with van der Waals surface area (Å²) in [6.45, 7) is 8.92. The topological polar surface area (TPSA) is 186 Å². The van der Waals surface area contributed by atoms with Crippen LogP contribution in [0.3, 0.4) is 0 Å². The molecule has 1 unspecified atom stereocenters. The van der Waals surface area contributed by atoms with Crippen molar-refractivity contribution in [2.75, 3.05) is 11.9 Å². The normalized spacial score (nSPS) is 14.0. The first kappa shape index (κ1) is 28.9. The molecule has 0 fully saturated rings. The largest absolute Gasteiger partial charge is 0.458 e. The van der Waals surface area contributed by atoms with Crippen molar-refractivity contribution >= 4 is 29.5 Å². The number of urea groups is 1. The summed E-state index contributed by atoms with van der Waals surface area (Å²) in [6.07, 6.45) is -0.844. The van der Waals surface area contributed by atoms with E-state index in [2.05, 4.69) is 16.0 Å². The summed E-state index contributed by atoms with van der Waals surface area (Å²) in [7, 11) is 0. The molecule has 0 spiro atoms. The second kappa shape index (κ2) is 12.9. The summed E-state index contributed by atoms with van der Waals surface area (Å²) >= 11 is 0. The van der Waals surface area contributed by atoms with E-state index in [0.29, 0.717) is 17.7 Å². The van der Waals surface area contributed by atoms with Gasteiger partial charge in [-0.25, -0.2) is 9.59 Å². The number of rotatable bonds is 11. The average Bonchev–Trinajstić information content (AvgIpc) is 2.73. The maximum atomic E-state index is 12.9. The zero-order valence-electron chi connectivity index (χ0n) is 20.4. The predicted molar refractivity (Wildman–Crippen MR) is 127 cm³/mol. The van der Waals surface area contributed by atoms with Crippen molar-refractivity contribution in [1.29, 1.82) is 0 Å². The molecular formula is C23H37N5O6. The maximum absolute atomic E-state index is 12.9. The minimum absolute atomic E-state index is 0.121. The first-order valence-corrected chi connectivity index (χ1v) is 11.1. The monoisotopic (exact) mass is 479 g/mol. The van der Waals surface area contributed by atoms with Gasteiger partial charge in [-0.15, -0.1) is 0 Å². The minimum Gasteiger partial charge on any atom is -0.458 e. The van der Waals surface area contributed by atoms with Crippen molar-refractivity contribution in [3.63, 3.8) is 0 Å². The van der Waals surface area contributed by atoms with Crippen molar-refractivity contribution in [3.8, 4) is 0 Å². The number of aliphatic hydroxyl groups is 1. The SMILES string of the molecule is CC(C)[C@H](N)C(=O)N[C@@H](CCCNC(N)=O)C(=O)Nc1ccc(C(O)C(=O)OC(C)(C)C)cc1. The van der Waals surface area contributed by atoms with Crippen molar-refractivity contribution in [2.24, 2.45) is 17.4 Å². The number of benzene rings is 1. The molecule has 1 rings (SSSR count). The lowest BCUT2D eigenvalue weighted by Crippen LogP contribution is -2.51. The van der Waals surface area contributed by atoms with E-state index >= 15 is 0 Å². The number of primary amides is 1. The number of esters is 1. The van der Waals surface area contributed by atoms with Crippen molar-refractivity contribution < 1.29 is 29.0 Å². The number of nitrogens with one attached hydrogen (secondary N) is 3. The van der Waals surface area contributed by atoms with Crippen LogP contribution in [-0.4, -0.2) is 53.2 Å². The number of aliphatic hydroxyl groups excluding tert-OH is 1. The Morgan fingerprint density at radius 3 is 2.15 bits per heavy atom. The van der Waals surface area contributed by atoms with E-state index in [1.165, 1.54) is 24.3 Å². The summed E-state index contributed by atoms with van der Waals surface area (Å²) in [6, 6.07) is 3.65. The third-order valence-electron chi connectivity index (χ3n) is 4.75. The fourth-order valence-electron chi connectivity index (χ4n) is 2.83. The summed E-state index contributed by atoms with van der Waals surface area (Å²) < 4.78 is 5.17. The second-order valence-corrected chi connectivity index (χ2v) is 9.31. The number of carbonyl (C=O) groups excluding carboxylic acids is 4. The minimum atomic E-state index is -1.47. The fourth-order valence-corrected chi connectivity index (χ4v) is 2.83. The zero-order chi connectivity index (χ0) is 26.1. The summed E-state index contributed by atoms with van der Waals surface area (Å²) in [4.78, 5) is 48.2. The van der Waals surface area contributed by atoms with E-state index in [9.17, 15) is 24.3 Å². The standard InChI is InChI=1S/C23H37N5O6/c1-13(2)17(24)20(31)28-16(7-6-12-26-22(25)33)19(30)27-15-10-8-14(9-11-15)18(29)21(32)34-23(3,4)5/h8-11,13,16-18,29H,6-7,12,24H2,1-5H3,(H,27,30)(H,28,31)(H3,25,26,33)/t16-,17-,18?/m0/s1. The van der Waals surface area contributed by atoms with Crippen LogP contribution in [0.4, 0.5) is 10.5 Å². The van der Waals surface area contributed by atoms with Crippen molar-refractivity contribution in [2.45, 2.75) is 71.2 Å². The molecule has 190 valence electrons. The van der Waals surface area contributed by atoms with Gasteiger partial charge in [-0.2, -0.15) is 0 Å². The molecule has 1 aromatic rings. The van der Waals surface area contributed by atoms with E-state index in [1.54, 1.807) is 34.6 Å². The third kappa shape index (κ3) is 10.2. The molecule has 0 aliphatic heterocycles. The van der Waals surface area contributed by atoms with Gasteiger partial charge >= 0.3 is 12.0 Å². The molecule has 0 saturated carbocycles. The molecule has 0 aliphatic carbocycles. The van der Waals surface area contributed by atoms with Crippen LogP contribution < -0.4 is 27.4 Å². The van der Waals surface area contributed by atoms with Gasteiger partial charge in [-0.3, -0.25) is 9.59 Å². The molecule has 4 amide bonds. The Bertz CT molecular complexity index is 850. The summed E-state index contributed by atoms with van der Waals surface area (Å²) in [5, 5.41) is 18.0. The van der Waals surface area contributed by atoms with Crippen LogP contribution in [-0.2, 0) is 19.1 Å². The highest BCUT2D eigenvalue weighted by atomic mass is 16.6. The Kier molecular flexibility index (Phi) is 10.9. The van der Waals surface area contributed by atoms with E-state index in [-0.39, 0.29) is 18.9 Å². The lowest BCUT2D eigenvalue weighted by molar-refractivity contribution is -0.165. The molecular weight excluding hydrogens is 442 g/mol. The molecule has 11 nitrogen and oxygen atoms in total. The Morgan fingerprint density at radius 1 is 1.06 bits per heavy atom. The smallest absolute Gasteiger partial charge is 0.340 e. The lowest BCUT2D eigenvalue weighted by Gasteiger charge is -2.23. The Morgan fingerprint density at radius 2 is 1.65 bits per heavy atom. The van der Waals surface area contributed by atoms with Crippen molar-refractivity contribution in [3.05, 3.63) is 29.8 Å². The summed E-state index contributed by atoms with van der Waals surface area (Å²) in [5.41, 5.74) is 10.9. The van der Waals surface area contributed by atoms with Gasteiger partial charge in [-0.05, 0) is 57.2 Å². The fraction of sp³-hybridized carbons (Fsp3) is 0.565. The molecule has 0 aromatic heterocycles. The lowest BCUT2D eigenvalue weighted by atomic mass is 10.0. The van der Waals surface area contributed by atoms with Gasteiger partial charge < -0.3 is 37.3 Å². The highest BCUT2D eigenvalue weighted by Crippen LogP contribution is 2.20. The van der Waals surface area contributed by atoms with Crippen LogP contribution in [0, 0.1) is 5.92 Å². The molecule has 0 bridgehead atoms. The van der Waals surface area contributed by atoms with E-state index < -0.39 is 47.6 Å². The number of hydrogen-bond acceptors (Lipinski definition) is 7. The van der Waals surface area contributed by atoms with Gasteiger partial charge in [-0.1, -0.05) is 26.0 Å². The average molecular weight is 480 g/mol. The number of hydrogen-bond donors (Lipinski definition) is 6. The molecule has 11 heteroatoms. The Hall–Kier alpha value is -3.18. The number of carbonyl (C=O) groups is 4. The maximum Gasteiger partial charge on any atom is 0.340 e. The number of nitrogens with two attached hydrogens (primary N) is 2. The Labute approximate surface area is 200 Å². The highest BCUT2D eigenvalue weighted by molar-refractivity contribution is 5.97. The molecule has 34 heavy (non-hydrogen) atoms. The predicted octanol–water partition coefficient (Wildman–Crippen LogP) is 0.917. The van der Waals surface area contributed by atoms with Gasteiger partial charge in [0, 0.05) is 12.2 Å². The van der Waals surface area contributed by atoms with Crippen LogP contribution in [0.25, 0.3) is 0 Å². The second-order valence-electron chi connectivity index (χ2n) is 9.31.